The van der Waals surface area contributed by atoms with E-state index in [0.717, 1.165) is 41.3 Å². The van der Waals surface area contributed by atoms with Gasteiger partial charge in [0.15, 0.2) is 6.61 Å². The summed E-state index contributed by atoms with van der Waals surface area (Å²) in [5, 5.41) is 0.941. The minimum absolute atomic E-state index is 0.201. The van der Waals surface area contributed by atoms with Crippen molar-refractivity contribution in [3.8, 4) is 5.75 Å². The molecule has 0 atom stereocenters. The van der Waals surface area contributed by atoms with Crippen LogP contribution in [0.3, 0.4) is 0 Å². The molecule has 26 heavy (non-hydrogen) atoms. The molecule has 0 N–H and O–H groups in total. The van der Waals surface area contributed by atoms with Crippen LogP contribution < -0.4 is 10.4 Å². The van der Waals surface area contributed by atoms with E-state index in [-0.39, 0.29) is 18.8 Å². The monoisotopic (exact) mass is 350 g/mol. The molecule has 0 saturated carbocycles. The Hall–Kier alpha value is -3.08. The van der Waals surface area contributed by atoms with Gasteiger partial charge in [-0.05, 0) is 42.5 Å². The van der Waals surface area contributed by atoms with Gasteiger partial charge in [0.1, 0.15) is 17.9 Å². The van der Waals surface area contributed by atoms with Crippen molar-refractivity contribution in [3.63, 3.8) is 0 Å². The van der Waals surface area contributed by atoms with E-state index in [9.17, 15) is 9.59 Å². The molecule has 3 aromatic rings. The third kappa shape index (κ3) is 3.33. The van der Waals surface area contributed by atoms with Crippen LogP contribution in [-0.2, 0) is 29.0 Å². The van der Waals surface area contributed by atoms with Crippen molar-refractivity contribution >= 4 is 16.9 Å². The first-order valence-corrected chi connectivity index (χ1v) is 8.62. The molecule has 1 aliphatic carbocycles. The molecule has 0 radical (unpaired) electrons. The molecule has 0 aliphatic heterocycles. The number of rotatable bonds is 5. The second kappa shape index (κ2) is 7.04. The molecule has 1 aromatic heterocycles. The first kappa shape index (κ1) is 16.4. The highest BCUT2D eigenvalue weighted by molar-refractivity contribution is 5.83. The highest BCUT2D eigenvalue weighted by Crippen LogP contribution is 2.29. The minimum atomic E-state index is -0.454. The van der Waals surface area contributed by atoms with Crippen molar-refractivity contribution in [1.82, 2.24) is 0 Å². The van der Waals surface area contributed by atoms with Crippen LogP contribution in [0.1, 0.15) is 23.1 Å². The summed E-state index contributed by atoms with van der Waals surface area (Å²) in [6, 6.07) is 14.8. The van der Waals surface area contributed by atoms with Gasteiger partial charge >= 0.3 is 11.6 Å². The number of esters is 1. The summed E-state index contributed by atoms with van der Waals surface area (Å²) in [7, 11) is 0. The van der Waals surface area contributed by atoms with Gasteiger partial charge in [0.25, 0.3) is 0 Å². The Morgan fingerprint density at radius 2 is 1.85 bits per heavy atom. The molecule has 5 nitrogen and oxygen atoms in total. The Morgan fingerprint density at radius 1 is 1.04 bits per heavy atom. The summed E-state index contributed by atoms with van der Waals surface area (Å²) >= 11 is 0. The predicted octanol–water partition coefficient (Wildman–Crippen LogP) is 3.40. The van der Waals surface area contributed by atoms with Crippen LogP contribution in [0.5, 0.6) is 5.75 Å². The lowest BCUT2D eigenvalue weighted by atomic mass is 10.1. The van der Waals surface area contributed by atoms with E-state index in [1.54, 1.807) is 12.1 Å². The molecule has 0 bridgehead atoms. The van der Waals surface area contributed by atoms with Crippen molar-refractivity contribution < 1.29 is 18.7 Å². The van der Waals surface area contributed by atoms with Crippen LogP contribution in [0.15, 0.2) is 57.7 Å². The van der Waals surface area contributed by atoms with Crippen molar-refractivity contribution in [3.05, 3.63) is 75.6 Å². The van der Waals surface area contributed by atoms with Gasteiger partial charge in [-0.1, -0.05) is 30.3 Å². The lowest BCUT2D eigenvalue weighted by Crippen LogP contribution is -2.14. The van der Waals surface area contributed by atoms with Crippen molar-refractivity contribution in [2.75, 3.05) is 6.61 Å². The number of ether oxygens (including phenoxy) is 2. The number of benzene rings is 2. The molecule has 2 aromatic carbocycles. The average molecular weight is 350 g/mol. The normalized spacial score (nSPS) is 12.8. The summed E-state index contributed by atoms with van der Waals surface area (Å²) in [5.41, 5.74) is 3.00. The van der Waals surface area contributed by atoms with Crippen LogP contribution >= 0.6 is 0 Å². The molecule has 0 amide bonds. The molecule has 0 unspecified atom stereocenters. The maximum atomic E-state index is 12.0. The van der Waals surface area contributed by atoms with E-state index in [2.05, 4.69) is 0 Å². The van der Waals surface area contributed by atoms with E-state index in [0.29, 0.717) is 11.3 Å². The van der Waals surface area contributed by atoms with Crippen LogP contribution in [0.2, 0.25) is 0 Å². The number of carbonyl (C=O) groups is 1. The van der Waals surface area contributed by atoms with Crippen molar-refractivity contribution in [2.24, 2.45) is 0 Å². The Kier molecular flexibility index (Phi) is 4.44. The summed E-state index contributed by atoms with van der Waals surface area (Å²) in [4.78, 5) is 23.9. The van der Waals surface area contributed by atoms with E-state index in [4.69, 9.17) is 13.9 Å². The first-order valence-electron chi connectivity index (χ1n) is 8.62. The minimum Gasteiger partial charge on any atom is -0.482 e. The van der Waals surface area contributed by atoms with E-state index in [1.807, 2.05) is 36.4 Å². The molecule has 1 aliphatic rings. The van der Waals surface area contributed by atoms with Crippen molar-refractivity contribution in [2.45, 2.75) is 25.9 Å². The van der Waals surface area contributed by atoms with Gasteiger partial charge < -0.3 is 13.9 Å². The van der Waals surface area contributed by atoms with Crippen LogP contribution in [-0.4, -0.2) is 12.6 Å². The molecule has 0 fully saturated rings. The molecule has 0 saturated heterocycles. The number of fused-ring (bicyclic) bond motifs is 3. The number of aryl methyl sites for hydroxylation is 1. The highest BCUT2D eigenvalue weighted by Gasteiger charge is 2.19. The van der Waals surface area contributed by atoms with Gasteiger partial charge in [0.05, 0.1) is 0 Å². The Morgan fingerprint density at radius 3 is 2.69 bits per heavy atom. The lowest BCUT2D eigenvalue weighted by molar-refractivity contribution is -0.147. The lowest BCUT2D eigenvalue weighted by Gasteiger charge is -2.09. The predicted molar refractivity (Wildman–Crippen MR) is 96.2 cm³/mol. The summed E-state index contributed by atoms with van der Waals surface area (Å²) < 4.78 is 16.1. The molecular formula is C21H18O5. The molecule has 1 heterocycles. The molecular weight excluding hydrogens is 332 g/mol. The SMILES string of the molecule is O=C(COc1ccc2c3c(c(=O)oc2c1)CCC3)OCc1ccccc1. The van der Waals surface area contributed by atoms with Crippen LogP contribution in [0.4, 0.5) is 0 Å². The molecule has 4 rings (SSSR count). The number of carbonyl (C=O) groups excluding carboxylic acids is 1. The van der Waals surface area contributed by atoms with E-state index >= 15 is 0 Å². The summed E-state index contributed by atoms with van der Waals surface area (Å²) in [6.45, 7) is 0.00921. The van der Waals surface area contributed by atoms with Gasteiger partial charge in [-0.25, -0.2) is 9.59 Å². The third-order valence-electron chi connectivity index (χ3n) is 4.54. The maximum Gasteiger partial charge on any atom is 0.344 e. The number of hydrogen-bond acceptors (Lipinski definition) is 5. The standard InChI is InChI=1S/C21H18O5/c22-20(25-12-14-5-2-1-3-6-14)13-24-15-9-10-17-16-7-4-8-18(16)21(23)26-19(17)11-15/h1-3,5-6,9-11H,4,7-8,12-13H2. The maximum absolute atomic E-state index is 12.0. The van der Waals surface area contributed by atoms with Gasteiger partial charge in [0, 0.05) is 17.0 Å². The fourth-order valence-electron chi connectivity index (χ4n) is 3.28. The largest absolute Gasteiger partial charge is 0.482 e. The van der Waals surface area contributed by atoms with Gasteiger partial charge in [-0.3, -0.25) is 0 Å². The number of hydrogen-bond donors (Lipinski definition) is 0. The summed E-state index contributed by atoms with van der Waals surface area (Å²) in [5.74, 6) is 0.0135. The average Bonchev–Trinajstić information content (AvgIpc) is 3.16. The van der Waals surface area contributed by atoms with Gasteiger partial charge in [-0.2, -0.15) is 0 Å². The van der Waals surface area contributed by atoms with Crippen molar-refractivity contribution in [1.29, 1.82) is 0 Å². The highest BCUT2D eigenvalue weighted by atomic mass is 16.6. The zero-order valence-corrected chi connectivity index (χ0v) is 14.2. The molecule has 0 spiro atoms. The first-order chi connectivity index (χ1) is 12.7. The Labute approximate surface area is 150 Å². The van der Waals surface area contributed by atoms with Crippen LogP contribution in [0, 0.1) is 0 Å². The van der Waals surface area contributed by atoms with Crippen LogP contribution in [0.25, 0.3) is 11.0 Å². The molecule has 132 valence electrons. The van der Waals surface area contributed by atoms with Gasteiger partial charge in [0.2, 0.25) is 0 Å². The van der Waals surface area contributed by atoms with E-state index < -0.39 is 5.97 Å². The third-order valence-corrected chi connectivity index (χ3v) is 4.54. The fourth-order valence-corrected chi connectivity index (χ4v) is 3.28. The quantitative estimate of drug-likeness (QED) is 0.521. The van der Waals surface area contributed by atoms with Gasteiger partial charge in [-0.15, -0.1) is 0 Å². The fraction of sp³-hybridized carbons (Fsp3) is 0.238. The second-order valence-electron chi connectivity index (χ2n) is 6.29. The zero-order chi connectivity index (χ0) is 17.9. The topological polar surface area (TPSA) is 65.7 Å². The summed E-state index contributed by atoms with van der Waals surface area (Å²) in [6.07, 6.45) is 2.65. The second-order valence-corrected chi connectivity index (χ2v) is 6.29. The van der Waals surface area contributed by atoms with E-state index in [1.165, 1.54) is 0 Å². The Bertz CT molecular complexity index is 1000. The zero-order valence-electron chi connectivity index (χ0n) is 14.2. The molecule has 5 heteroatoms. The smallest absolute Gasteiger partial charge is 0.344 e. The Balaban J connectivity index is 1.42.